The molecular formula is C26H21N3O4. The first-order chi connectivity index (χ1) is 16.1. The highest BCUT2D eigenvalue weighted by molar-refractivity contribution is 5.96. The molecule has 0 radical (unpaired) electrons. The summed E-state index contributed by atoms with van der Waals surface area (Å²) in [7, 11) is 0. The molecule has 0 saturated carbocycles. The van der Waals surface area contributed by atoms with Gasteiger partial charge in [-0.1, -0.05) is 24.3 Å². The second-order valence-electron chi connectivity index (χ2n) is 7.75. The molecule has 2 aromatic carbocycles. The molecule has 7 heteroatoms. The highest BCUT2D eigenvalue weighted by Crippen LogP contribution is 2.44. The van der Waals surface area contributed by atoms with Crippen LogP contribution in [0.4, 0.5) is 0 Å². The average molecular weight is 439 g/mol. The van der Waals surface area contributed by atoms with Crippen molar-refractivity contribution in [3.63, 3.8) is 0 Å². The van der Waals surface area contributed by atoms with Crippen molar-refractivity contribution in [3.8, 4) is 17.6 Å². The summed E-state index contributed by atoms with van der Waals surface area (Å²) in [5.74, 6) is 0.116. The van der Waals surface area contributed by atoms with Gasteiger partial charge in [0, 0.05) is 22.8 Å². The summed E-state index contributed by atoms with van der Waals surface area (Å²) in [5.41, 5.74) is 4.40. The molecule has 0 spiro atoms. The standard InChI is InChI=1S/C26H21N3O4/c1-3-31-26(30)23-15(2)29-25(18-10-16-6-4-5-7-20(16)28-13-18)19(12-27)24(23)17-8-9-21-22(11-17)33-14-32-21/h4-11,13,24,29H,3,14H2,1-2H3. The Bertz CT molecular complexity index is 1380. The molecule has 7 nitrogen and oxygen atoms in total. The van der Waals surface area contributed by atoms with E-state index in [9.17, 15) is 10.1 Å². The van der Waals surface area contributed by atoms with Crippen molar-refractivity contribution in [1.82, 2.24) is 10.3 Å². The maximum atomic E-state index is 13.0. The van der Waals surface area contributed by atoms with E-state index >= 15 is 0 Å². The van der Waals surface area contributed by atoms with Crippen LogP contribution in [0.25, 0.3) is 16.6 Å². The van der Waals surface area contributed by atoms with Crippen molar-refractivity contribution in [3.05, 3.63) is 82.7 Å². The number of hydrogen-bond donors (Lipinski definition) is 1. The van der Waals surface area contributed by atoms with E-state index in [2.05, 4.69) is 16.4 Å². The molecule has 5 rings (SSSR count). The molecule has 0 bridgehead atoms. The molecule has 164 valence electrons. The monoisotopic (exact) mass is 439 g/mol. The summed E-state index contributed by atoms with van der Waals surface area (Å²) in [4.78, 5) is 17.5. The van der Waals surface area contributed by atoms with Crippen LogP contribution in [0.1, 0.15) is 30.9 Å². The third-order valence-electron chi connectivity index (χ3n) is 5.79. The topological polar surface area (TPSA) is 93.5 Å². The van der Waals surface area contributed by atoms with Crippen LogP contribution in [0.15, 0.2) is 71.6 Å². The Morgan fingerprint density at radius 3 is 2.85 bits per heavy atom. The zero-order valence-electron chi connectivity index (χ0n) is 18.2. The van der Waals surface area contributed by atoms with Crippen molar-refractivity contribution in [2.75, 3.05) is 13.4 Å². The lowest BCUT2D eigenvalue weighted by atomic mass is 9.79. The minimum Gasteiger partial charge on any atom is -0.463 e. The van der Waals surface area contributed by atoms with Gasteiger partial charge in [-0.3, -0.25) is 4.98 Å². The fourth-order valence-electron chi connectivity index (χ4n) is 4.29. The molecular weight excluding hydrogens is 418 g/mol. The van der Waals surface area contributed by atoms with E-state index in [0.29, 0.717) is 34.0 Å². The predicted molar refractivity (Wildman–Crippen MR) is 122 cm³/mol. The second-order valence-corrected chi connectivity index (χ2v) is 7.75. The van der Waals surface area contributed by atoms with Crippen molar-refractivity contribution in [1.29, 1.82) is 5.26 Å². The summed E-state index contributed by atoms with van der Waals surface area (Å²) >= 11 is 0. The fourth-order valence-corrected chi connectivity index (χ4v) is 4.29. The van der Waals surface area contributed by atoms with Crippen molar-refractivity contribution >= 4 is 22.6 Å². The molecule has 1 N–H and O–H groups in total. The number of allylic oxidation sites excluding steroid dienone is 2. The zero-order chi connectivity index (χ0) is 22.9. The van der Waals surface area contributed by atoms with Crippen LogP contribution >= 0.6 is 0 Å². The van der Waals surface area contributed by atoms with Crippen LogP contribution in [-0.2, 0) is 9.53 Å². The van der Waals surface area contributed by atoms with Gasteiger partial charge in [-0.05, 0) is 43.7 Å². The molecule has 3 aromatic rings. The summed E-state index contributed by atoms with van der Waals surface area (Å²) in [6.07, 6.45) is 1.74. The second kappa shape index (κ2) is 8.32. The van der Waals surface area contributed by atoms with Crippen molar-refractivity contribution < 1.29 is 19.0 Å². The first kappa shape index (κ1) is 20.6. The maximum Gasteiger partial charge on any atom is 0.336 e. The number of nitrogens with one attached hydrogen (secondary N) is 1. The minimum atomic E-state index is -0.633. The van der Waals surface area contributed by atoms with Gasteiger partial charge in [0.05, 0.1) is 41.0 Å². The highest BCUT2D eigenvalue weighted by Gasteiger charge is 2.36. The lowest BCUT2D eigenvalue weighted by Gasteiger charge is -2.30. The normalized spacial score (nSPS) is 17.1. The van der Waals surface area contributed by atoms with E-state index in [1.54, 1.807) is 19.2 Å². The molecule has 0 saturated heterocycles. The number of hydrogen-bond acceptors (Lipinski definition) is 7. The first-order valence-electron chi connectivity index (χ1n) is 10.6. The molecule has 0 amide bonds. The third-order valence-corrected chi connectivity index (χ3v) is 5.79. The van der Waals surface area contributed by atoms with Crippen LogP contribution in [0.2, 0.25) is 0 Å². The highest BCUT2D eigenvalue weighted by atomic mass is 16.7. The average Bonchev–Trinajstić information content (AvgIpc) is 3.31. The van der Waals surface area contributed by atoms with Crippen LogP contribution in [-0.4, -0.2) is 24.4 Å². The van der Waals surface area contributed by atoms with Crippen molar-refractivity contribution in [2.24, 2.45) is 0 Å². The molecule has 0 aliphatic carbocycles. The van der Waals surface area contributed by atoms with Gasteiger partial charge < -0.3 is 19.5 Å². The summed E-state index contributed by atoms with van der Waals surface area (Å²) < 4.78 is 16.3. The molecule has 2 aliphatic heterocycles. The van der Waals surface area contributed by atoms with E-state index in [-0.39, 0.29) is 13.4 Å². The van der Waals surface area contributed by atoms with Crippen LogP contribution in [0.3, 0.4) is 0 Å². The number of esters is 1. The predicted octanol–water partition coefficient (Wildman–Crippen LogP) is 4.42. The van der Waals surface area contributed by atoms with Gasteiger partial charge in [-0.25, -0.2) is 4.79 Å². The Balaban J connectivity index is 1.70. The van der Waals surface area contributed by atoms with Gasteiger partial charge in [0.2, 0.25) is 6.79 Å². The molecule has 1 atom stereocenters. The van der Waals surface area contributed by atoms with Gasteiger partial charge in [0.25, 0.3) is 0 Å². The van der Waals surface area contributed by atoms with E-state index in [1.807, 2.05) is 49.4 Å². The zero-order valence-corrected chi connectivity index (χ0v) is 18.2. The maximum absolute atomic E-state index is 13.0. The molecule has 1 aromatic heterocycles. The molecule has 3 heterocycles. The number of para-hydroxylation sites is 1. The molecule has 0 fully saturated rings. The van der Waals surface area contributed by atoms with Crippen LogP contribution < -0.4 is 14.8 Å². The van der Waals surface area contributed by atoms with Gasteiger partial charge in [0.15, 0.2) is 11.5 Å². The Morgan fingerprint density at radius 1 is 1.21 bits per heavy atom. The van der Waals surface area contributed by atoms with E-state index in [1.165, 1.54) is 0 Å². The summed E-state index contributed by atoms with van der Waals surface area (Å²) in [6, 6.07) is 17.6. The Kier molecular flexibility index (Phi) is 5.19. The lowest BCUT2D eigenvalue weighted by Crippen LogP contribution is -2.29. The number of benzene rings is 2. The summed E-state index contributed by atoms with van der Waals surface area (Å²) in [5, 5.41) is 14.5. The Labute approximate surface area is 190 Å². The van der Waals surface area contributed by atoms with Gasteiger partial charge in [0.1, 0.15) is 0 Å². The number of carbonyl (C=O) groups is 1. The number of rotatable bonds is 4. The quantitative estimate of drug-likeness (QED) is 0.602. The smallest absolute Gasteiger partial charge is 0.336 e. The lowest BCUT2D eigenvalue weighted by molar-refractivity contribution is -0.138. The Hall–Kier alpha value is -4.31. The number of fused-ring (bicyclic) bond motifs is 2. The molecule has 33 heavy (non-hydrogen) atoms. The van der Waals surface area contributed by atoms with E-state index in [0.717, 1.165) is 22.0 Å². The van der Waals surface area contributed by atoms with E-state index < -0.39 is 11.9 Å². The van der Waals surface area contributed by atoms with Gasteiger partial charge in [-0.15, -0.1) is 0 Å². The number of nitrogens with zero attached hydrogens (tertiary/aromatic N) is 2. The Morgan fingerprint density at radius 2 is 2.03 bits per heavy atom. The summed E-state index contributed by atoms with van der Waals surface area (Å²) in [6.45, 7) is 3.94. The van der Waals surface area contributed by atoms with E-state index in [4.69, 9.17) is 14.2 Å². The number of dihydropyridines is 1. The number of ether oxygens (including phenoxy) is 3. The minimum absolute atomic E-state index is 0.138. The number of pyridine rings is 1. The largest absolute Gasteiger partial charge is 0.463 e. The SMILES string of the molecule is CCOC(=O)C1=C(C)NC(c2cnc3ccccc3c2)=C(C#N)C1c1ccc2c(c1)OCO2. The third kappa shape index (κ3) is 3.56. The molecule has 2 aliphatic rings. The number of aromatic nitrogens is 1. The van der Waals surface area contributed by atoms with Gasteiger partial charge >= 0.3 is 5.97 Å². The fraction of sp³-hybridized carbons (Fsp3) is 0.192. The number of carbonyl (C=O) groups excluding carboxylic acids is 1. The molecule has 1 unspecified atom stereocenters. The van der Waals surface area contributed by atoms with Gasteiger partial charge in [-0.2, -0.15) is 5.26 Å². The number of nitriles is 1. The first-order valence-corrected chi connectivity index (χ1v) is 10.6. The van der Waals surface area contributed by atoms with Crippen molar-refractivity contribution in [2.45, 2.75) is 19.8 Å². The van der Waals surface area contributed by atoms with Crippen LogP contribution in [0, 0.1) is 11.3 Å². The van der Waals surface area contributed by atoms with Crippen LogP contribution in [0.5, 0.6) is 11.5 Å².